The topological polar surface area (TPSA) is 131 Å². The number of anilines is 1. The van der Waals surface area contributed by atoms with E-state index in [1.807, 2.05) is 22.6 Å². The van der Waals surface area contributed by atoms with E-state index in [-0.39, 0.29) is 23.6 Å². The molecule has 184 valence electrons. The normalized spacial score (nSPS) is 21.4. The summed E-state index contributed by atoms with van der Waals surface area (Å²) in [7, 11) is 0. The van der Waals surface area contributed by atoms with Gasteiger partial charge in [0.2, 0.25) is 0 Å². The fourth-order valence-electron chi connectivity index (χ4n) is 3.88. The summed E-state index contributed by atoms with van der Waals surface area (Å²) in [6.45, 7) is -0.356. The van der Waals surface area contributed by atoms with Crippen molar-refractivity contribution in [2.75, 3.05) is 12.3 Å². The monoisotopic (exact) mass is 603 g/mol. The summed E-state index contributed by atoms with van der Waals surface area (Å²) >= 11 is 1.94. The average Bonchev–Trinajstić information content (AvgIpc) is 3.40. The Morgan fingerprint density at radius 3 is 2.33 bits per heavy atom. The number of hydrogen-bond donors (Lipinski definition) is 1. The van der Waals surface area contributed by atoms with Gasteiger partial charge in [-0.15, -0.1) is 0 Å². The Bertz CT molecular complexity index is 1400. The number of nitrogens with two attached hydrogens (primary N) is 1. The van der Waals surface area contributed by atoms with Crippen LogP contribution >= 0.6 is 22.6 Å². The lowest BCUT2D eigenvalue weighted by atomic mass is 10.1. The van der Waals surface area contributed by atoms with Gasteiger partial charge in [0.1, 0.15) is 28.6 Å². The van der Waals surface area contributed by atoms with Crippen LogP contribution in [0.25, 0.3) is 11.0 Å². The molecule has 4 atom stereocenters. The number of rotatable bonds is 6. The summed E-state index contributed by atoms with van der Waals surface area (Å²) in [5.74, 6) is -1.17. The van der Waals surface area contributed by atoms with Crippen molar-refractivity contribution in [2.45, 2.75) is 24.6 Å². The van der Waals surface area contributed by atoms with Crippen LogP contribution in [0.1, 0.15) is 26.9 Å². The van der Waals surface area contributed by atoms with E-state index in [4.69, 9.17) is 19.9 Å². The van der Waals surface area contributed by atoms with Gasteiger partial charge in [-0.3, -0.25) is 0 Å². The maximum atomic E-state index is 15.9. The third kappa shape index (κ3) is 4.60. The summed E-state index contributed by atoms with van der Waals surface area (Å²) < 4.78 is 34.4. The molecule has 12 heteroatoms. The summed E-state index contributed by atoms with van der Waals surface area (Å²) in [4.78, 5) is 33.3. The molecular formula is C24H19FIN5O5. The maximum absolute atomic E-state index is 15.9. The number of alkyl halides is 1. The molecule has 1 saturated heterocycles. The molecule has 0 bridgehead atoms. The maximum Gasteiger partial charge on any atom is 0.338 e. The number of hydrogen-bond acceptors (Lipinski definition) is 9. The fraction of sp³-hybridized carbons (Fsp3) is 0.208. The minimum Gasteiger partial charge on any atom is -0.459 e. The number of halogens is 2. The van der Waals surface area contributed by atoms with Crippen molar-refractivity contribution in [3.63, 3.8) is 0 Å². The van der Waals surface area contributed by atoms with Crippen molar-refractivity contribution in [2.24, 2.45) is 0 Å². The van der Waals surface area contributed by atoms with E-state index in [0.717, 1.165) is 0 Å². The molecule has 0 unspecified atom stereocenters. The third-order valence-electron chi connectivity index (χ3n) is 5.62. The van der Waals surface area contributed by atoms with Crippen LogP contribution < -0.4 is 5.73 Å². The second-order valence-corrected chi connectivity index (χ2v) is 8.92. The molecule has 2 N–H and O–H groups in total. The van der Waals surface area contributed by atoms with Gasteiger partial charge in [-0.1, -0.05) is 36.4 Å². The van der Waals surface area contributed by atoms with Crippen LogP contribution in [0.3, 0.4) is 0 Å². The van der Waals surface area contributed by atoms with E-state index >= 15 is 4.39 Å². The molecule has 0 aliphatic carbocycles. The number of ether oxygens (including phenoxy) is 3. The van der Waals surface area contributed by atoms with Crippen molar-refractivity contribution in [1.82, 2.24) is 19.7 Å². The number of aromatic nitrogens is 4. The Morgan fingerprint density at radius 1 is 1.03 bits per heavy atom. The zero-order valence-electron chi connectivity index (χ0n) is 18.5. The molecule has 0 amide bonds. The van der Waals surface area contributed by atoms with Gasteiger partial charge in [0.25, 0.3) is 0 Å². The highest BCUT2D eigenvalue weighted by molar-refractivity contribution is 14.1. The highest BCUT2D eigenvalue weighted by Gasteiger charge is 2.50. The van der Waals surface area contributed by atoms with Gasteiger partial charge in [0, 0.05) is 0 Å². The van der Waals surface area contributed by atoms with Gasteiger partial charge in [-0.2, -0.15) is 5.10 Å². The first-order chi connectivity index (χ1) is 17.4. The predicted molar refractivity (Wildman–Crippen MR) is 134 cm³/mol. The first-order valence-electron chi connectivity index (χ1n) is 10.9. The van der Waals surface area contributed by atoms with Crippen LogP contribution in [-0.4, -0.2) is 56.7 Å². The predicted octanol–water partition coefficient (Wildman–Crippen LogP) is 3.33. The summed E-state index contributed by atoms with van der Waals surface area (Å²) in [5, 5.41) is 4.79. The molecule has 0 spiro atoms. The highest BCUT2D eigenvalue weighted by atomic mass is 127. The molecule has 4 aromatic rings. The van der Waals surface area contributed by atoms with Gasteiger partial charge in [0.05, 0.1) is 16.5 Å². The lowest BCUT2D eigenvalue weighted by Crippen LogP contribution is -2.37. The summed E-state index contributed by atoms with van der Waals surface area (Å²) in [6, 6.07) is 16.5. The van der Waals surface area contributed by atoms with E-state index in [1.165, 1.54) is 11.0 Å². The van der Waals surface area contributed by atoms with Crippen molar-refractivity contribution >= 4 is 51.4 Å². The lowest BCUT2D eigenvalue weighted by Gasteiger charge is -2.19. The largest absolute Gasteiger partial charge is 0.459 e. The van der Waals surface area contributed by atoms with Crippen molar-refractivity contribution in [1.29, 1.82) is 0 Å². The molecule has 36 heavy (non-hydrogen) atoms. The van der Waals surface area contributed by atoms with E-state index in [9.17, 15) is 9.59 Å². The molecule has 3 heterocycles. The third-order valence-corrected chi connectivity index (χ3v) is 6.38. The van der Waals surface area contributed by atoms with Crippen molar-refractivity contribution in [3.8, 4) is 0 Å². The number of benzene rings is 2. The molecule has 2 aromatic carbocycles. The number of carbonyl (C=O) groups is 2. The van der Waals surface area contributed by atoms with Crippen LogP contribution in [0.4, 0.5) is 10.2 Å². The van der Waals surface area contributed by atoms with E-state index in [1.54, 1.807) is 60.7 Å². The molecule has 0 radical (unpaired) electrons. The van der Waals surface area contributed by atoms with Crippen LogP contribution in [0.2, 0.25) is 0 Å². The minimum atomic E-state index is -1.85. The Labute approximate surface area is 217 Å². The minimum absolute atomic E-state index is 0.185. The van der Waals surface area contributed by atoms with Gasteiger partial charge >= 0.3 is 11.9 Å². The SMILES string of the molecule is Nc1ncnc2c1c(I)nn2[C@H]1O[C@@H](COC(=O)c2ccccc2)[C@H](OC(=O)c2ccccc2)[C@@H]1F. The molecule has 1 fully saturated rings. The van der Waals surface area contributed by atoms with E-state index in [2.05, 4.69) is 15.1 Å². The quantitative estimate of drug-likeness (QED) is 0.261. The lowest BCUT2D eigenvalue weighted by molar-refractivity contribution is -0.0602. The fourth-order valence-corrected chi connectivity index (χ4v) is 4.63. The van der Waals surface area contributed by atoms with Crippen LogP contribution in [0.5, 0.6) is 0 Å². The van der Waals surface area contributed by atoms with Gasteiger partial charge in [-0.05, 0) is 46.9 Å². The first-order valence-corrected chi connectivity index (χ1v) is 11.9. The Hall–Kier alpha value is -3.65. The Morgan fingerprint density at radius 2 is 1.67 bits per heavy atom. The van der Waals surface area contributed by atoms with Crippen LogP contribution in [0, 0.1) is 3.70 Å². The molecule has 1 aliphatic rings. The molecule has 10 nitrogen and oxygen atoms in total. The number of nitrogens with zero attached hydrogens (tertiary/aromatic N) is 4. The Kier molecular flexibility index (Phi) is 6.78. The standard InChI is InChI=1S/C24H19FIN5O5/c25-17-18(36-24(33)14-9-5-2-6-10-14)15(11-34-23(32)13-7-3-1-4-8-13)35-22(17)31-21-16(19(26)30-31)20(27)28-12-29-21/h1-10,12,15,17-18,22H,11H2,(H2,27,28,29)/t15-,17-,18-,22-/m0/s1. The van der Waals surface area contributed by atoms with Gasteiger partial charge in [-0.25, -0.2) is 28.6 Å². The second kappa shape index (κ2) is 10.1. The van der Waals surface area contributed by atoms with Gasteiger partial charge < -0.3 is 19.9 Å². The van der Waals surface area contributed by atoms with Crippen molar-refractivity contribution in [3.05, 3.63) is 81.8 Å². The van der Waals surface area contributed by atoms with Crippen LogP contribution in [0.15, 0.2) is 67.0 Å². The van der Waals surface area contributed by atoms with E-state index in [0.29, 0.717) is 14.7 Å². The molecule has 2 aromatic heterocycles. The Balaban J connectivity index is 1.43. The van der Waals surface area contributed by atoms with Crippen molar-refractivity contribution < 1.29 is 28.2 Å². The molecule has 1 aliphatic heterocycles. The number of nitrogen functional groups attached to an aromatic ring is 1. The second-order valence-electron chi connectivity index (χ2n) is 7.90. The van der Waals surface area contributed by atoms with E-state index < -0.39 is 36.5 Å². The van der Waals surface area contributed by atoms with Gasteiger partial charge in [0.15, 0.2) is 24.2 Å². The van der Waals surface area contributed by atoms with Crippen LogP contribution in [-0.2, 0) is 14.2 Å². The zero-order valence-corrected chi connectivity index (χ0v) is 20.7. The number of carbonyl (C=O) groups excluding carboxylic acids is 2. The molecule has 5 rings (SSSR count). The average molecular weight is 603 g/mol. The number of esters is 2. The number of fused-ring (bicyclic) bond motifs is 1. The zero-order chi connectivity index (χ0) is 25.2. The summed E-state index contributed by atoms with van der Waals surface area (Å²) in [5.41, 5.74) is 6.78. The summed E-state index contributed by atoms with van der Waals surface area (Å²) in [6.07, 6.45) is -4.43. The smallest absolute Gasteiger partial charge is 0.338 e. The first kappa shape index (κ1) is 24.1. The molecule has 0 saturated carbocycles. The molecular weight excluding hydrogens is 584 g/mol. The highest BCUT2D eigenvalue weighted by Crippen LogP contribution is 2.37.